The van der Waals surface area contributed by atoms with E-state index in [-0.39, 0.29) is 0 Å². The van der Waals surface area contributed by atoms with Gasteiger partial charge in [0.1, 0.15) is 0 Å². The molecule has 2 N–H and O–H groups in total. The molecule has 0 unspecified atom stereocenters. The molecule has 0 radical (unpaired) electrons. The molecule has 4 heteroatoms. The average molecular weight is 209 g/mol. The first-order valence-corrected chi connectivity index (χ1v) is 5.56. The van der Waals surface area contributed by atoms with E-state index in [4.69, 9.17) is 5.73 Å². The summed E-state index contributed by atoms with van der Waals surface area (Å²) in [6.07, 6.45) is 9.40. The van der Waals surface area contributed by atoms with Crippen molar-refractivity contribution >= 4 is 5.91 Å². The highest BCUT2D eigenvalue weighted by atomic mass is 16.1. The van der Waals surface area contributed by atoms with Crippen LogP contribution in [0.25, 0.3) is 0 Å². The molecule has 1 heterocycles. The van der Waals surface area contributed by atoms with Crippen molar-refractivity contribution in [1.82, 2.24) is 9.78 Å². The van der Waals surface area contributed by atoms with Gasteiger partial charge in [-0.15, -0.1) is 0 Å². The van der Waals surface area contributed by atoms with Gasteiger partial charge in [-0.1, -0.05) is 32.6 Å². The van der Waals surface area contributed by atoms with Gasteiger partial charge in [-0.2, -0.15) is 5.10 Å². The number of nitrogens with zero attached hydrogens (tertiary/aromatic N) is 2. The summed E-state index contributed by atoms with van der Waals surface area (Å²) in [6, 6.07) is 0. The lowest BCUT2D eigenvalue weighted by molar-refractivity contribution is 0.1000. The highest BCUT2D eigenvalue weighted by Gasteiger charge is 2.02. The molecule has 0 spiro atoms. The largest absolute Gasteiger partial charge is 0.366 e. The van der Waals surface area contributed by atoms with Crippen molar-refractivity contribution in [1.29, 1.82) is 0 Å². The Balaban J connectivity index is 2.23. The molecule has 1 aromatic heterocycles. The molecule has 1 amide bonds. The fraction of sp³-hybridized carbons (Fsp3) is 0.636. The van der Waals surface area contributed by atoms with Gasteiger partial charge < -0.3 is 5.73 Å². The summed E-state index contributed by atoms with van der Waals surface area (Å²) in [5.74, 6) is -0.410. The molecule has 1 rings (SSSR count). The lowest BCUT2D eigenvalue weighted by Crippen LogP contribution is -2.09. The van der Waals surface area contributed by atoms with Crippen LogP contribution in [0.15, 0.2) is 12.4 Å². The second-order valence-corrected chi connectivity index (χ2v) is 3.77. The molecule has 0 aromatic carbocycles. The summed E-state index contributed by atoms with van der Waals surface area (Å²) in [5, 5.41) is 4.07. The Morgan fingerprint density at radius 1 is 1.40 bits per heavy atom. The van der Waals surface area contributed by atoms with E-state index in [2.05, 4.69) is 12.0 Å². The van der Waals surface area contributed by atoms with E-state index in [1.165, 1.54) is 31.9 Å². The van der Waals surface area contributed by atoms with E-state index in [9.17, 15) is 4.79 Å². The molecular weight excluding hydrogens is 190 g/mol. The number of carbonyl (C=O) groups is 1. The number of unbranched alkanes of at least 4 members (excludes halogenated alkanes) is 4. The molecule has 0 aliphatic rings. The highest BCUT2D eigenvalue weighted by molar-refractivity contribution is 5.92. The van der Waals surface area contributed by atoms with E-state index in [1.54, 1.807) is 10.9 Å². The standard InChI is InChI=1S/C11H19N3O/c1-2-3-4-5-6-7-14-9-10(8-13-14)11(12)15/h8-9H,2-7H2,1H3,(H2,12,15). The minimum absolute atomic E-state index is 0.410. The monoisotopic (exact) mass is 209 g/mol. The van der Waals surface area contributed by atoms with Crippen LogP contribution in [0.2, 0.25) is 0 Å². The van der Waals surface area contributed by atoms with Gasteiger partial charge in [0, 0.05) is 12.7 Å². The quantitative estimate of drug-likeness (QED) is 0.698. The molecule has 0 fully saturated rings. The van der Waals surface area contributed by atoms with Crippen molar-refractivity contribution in [2.24, 2.45) is 5.73 Å². The predicted molar refractivity (Wildman–Crippen MR) is 59.5 cm³/mol. The number of aromatic nitrogens is 2. The van der Waals surface area contributed by atoms with Crippen LogP contribution < -0.4 is 5.73 Å². The van der Waals surface area contributed by atoms with Gasteiger partial charge in [-0.3, -0.25) is 9.48 Å². The maximum Gasteiger partial charge on any atom is 0.251 e. The Hall–Kier alpha value is -1.32. The number of hydrogen-bond donors (Lipinski definition) is 1. The molecule has 0 atom stereocenters. The Morgan fingerprint density at radius 3 is 2.73 bits per heavy atom. The zero-order valence-corrected chi connectivity index (χ0v) is 9.28. The fourth-order valence-electron chi connectivity index (χ4n) is 1.49. The van der Waals surface area contributed by atoms with Crippen LogP contribution in [0.3, 0.4) is 0 Å². The maximum atomic E-state index is 10.8. The van der Waals surface area contributed by atoms with Gasteiger partial charge >= 0.3 is 0 Å². The summed E-state index contributed by atoms with van der Waals surface area (Å²) in [6.45, 7) is 3.07. The number of amides is 1. The van der Waals surface area contributed by atoms with Crippen molar-refractivity contribution in [3.05, 3.63) is 18.0 Å². The number of aryl methyl sites for hydroxylation is 1. The van der Waals surface area contributed by atoms with Crippen molar-refractivity contribution in [2.45, 2.75) is 45.6 Å². The summed E-state index contributed by atoms with van der Waals surface area (Å²) >= 11 is 0. The minimum Gasteiger partial charge on any atom is -0.366 e. The minimum atomic E-state index is -0.410. The van der Waals surface area contributed by atoms with Gasteiger partial charge in [0.05, 0.1) is 11.8 Å². The van der Waals surface area contributed by atoms with Crippen molar-refractivity contribution in [3.8, 4) is 0 Å². The first kappa shape index (κ1) is 11.8. The predicted octanol–water partition coefficient (Wildman–Crippen LogP) is 1.95. The third-order valence-corrected chi connectivity index (χ3v) is 2.41. The van der Waals surface area contributed by atoms with E-state index in [0.29, 0.717) is 5.56 Å². The van der Waals surface area contributed by atoms with E-state index >= 15 is 0 Å². The van der Waals surface area contributed by atoms with Crippen LogP contribution in [-0.2, 0) is 6.54 Å². The summed E-state index contributed by atoms with van der Waals surface area (Å²) in [4.78, 5) is 10.8. The molecule has 0 aliphatic heterocycles. The normalized spacial score (nSPS) is 10.5. The van der Waals surface area contributed by atoms with Crippen molar-refractivity contribution in [3.63, 3.8) is 0 Å². The third kappa shape index (κ3) is 4.14. The first-order chi connectivity index (χ1) is 7.24. The average Bonchev–Trinajstić information content (AvgIpc) is 2.66. The van der Waals surface area contributed by atoms with E-state index in [1.807, 2.05) is 0 Å². The summed E-state index contributed by atoms with van der Waals surface area (Å²) < 4.78 is 1.78. The zero-order chi connectivity index (χ0) is 11.1. The molecule has 0 aliphatic carbocycles. The molecule has 1 aromatic rings. The molecular formula is C11H19N3O. The Labute approximate surface area is 90.5 Å². The number of hydrogen-bond acceptors (Lipinski definition) is 2. The summed E-state index contributed by atoms with van der Waals surface area (Å²) in [5.41, 5.74) is 5.62. The second kappa shape index (κ2) is 6.22. The van der Waals surface area contributed by atoms with Crippen molar-refractivity contribution < 1.29 is 4.79 Å². The smallest absolute Gasteiger partial charge is 0.251 e. The van der Waals surface area contributed by atoms with E-state index in [0.717, 1.165) is 13.0 Å². The topological polar surface area (TPSA) is 60.9 Å². The van der Waals surface area contributed by atoms with Crippen LogP contribution >= 0.6 is 0 Å². The Morgan fingerprint density at radius 2 is 2.13 bits per heavy atom. The van der Waals surface area contributed by atoms with Crippen LogP contribution in [0.1, 0.15) is 49.4 Å². The maximum absolute atomic E-state index is 10.8. The Kier molecular flexibility index (Phi) is 4.87. The molecule has 0 bridgehead atoms. The molecule has 0 saturated heterocycles. The second-order valence-electron chi connectivity index (χ2n) is 3.77. The molecule has 0 saturated carbocycles. The SMILES string of the molecule is CCCCCCCn1cc(C(N)=O)cn1. The number of primary amides is 1. The molecule has 4 nitrogen and oxygen atoms in total. The highest BCUT2D eigenvalue weighted by Crippen LogP contribution is 2.04. The summed E-state index contributed by atoms with van der Waals surface area (Å²) in [7, 11) is 0. The first-order valence-electron chi connectivity index (χ1n) is 5.56. The number of carbonyl (C=O) groups excluding carboxylic acids is 1. The number of nitrogens with two attached hydrogens (primary N) is 1. The van der Waals surface area contributed by atoms with Gasteiger partial charge in [0.15, 0.2) is 0 Å². The van der Waals surface area contributed by atoms with Gasteiger partial charge in [-0.25, -0.2) is 0 Å². The lowest BCUT2D eigenvalue weighted by atomic mass is 10.1. The zero-order valence-electron chi connectivity index (χ0n) is 9.28. The van der Waals surface area contributed by atoms with Crippen LogP contribution in [0.4, 0.5) is 0 Å². The van der Waals surface area contributed by atoms with Crippen LogP contribution in [-0.4, -0.2) is 15.7 Å². The fourth-order valence-corrected chi connectivity index (χ4v) is 1.49. The van der Waals surface area contributed by atoms with Crippen molar-refractivity contribution in [2.75, 3.05) is 0 Å². The van der Waals surface area contributed by atoms with Crippen LogP contribution in [0, 0.1) is 0 Å². The lowest BCUT2D eigenvalue weighted by Gasteiger charge is -2.00. The Bertz CT molecular complexity index is 307. The van der Waals surface area contributed by atoms with Gasteiger partial charge in [-0.05, 0) is 6.42 Å². The molecule has 84 valence electrons. The molecule has 15 heavy (non-hydrogen) atoms. The van der Waals surface area contributed by atoms with Gasteiger partial charge in [0.2, 0.25) is 0 Å². The number of rotatable bonds is 7. The van der Waals surface area contributed by atoms with Gasteiger partial charge in [0.25, 0.3) is 5.91 Å². The third-order valence-electron chi connectivity index (χ3n) is 2.41. The van der Waals surface area contributed by atoms with Crippen LogP contribution in [0.5, 0.6) is 0 Å². The van der Waals surface area contributed by atoms with E-state index < -0.39 is 5.91 Å².